The van der Waals surface area contributed by atoms with Gasteiger partial charge in [-0.05, 0) is 17.2 Å². The number of nitrogens with one attached hydrogen (secondary N) is 1. The zero-order valence-corrected chi connectivity index (χ0v) is 17.3. The standard InChI is InChI=1S/C24H23NO6/c1-24(2)30-22(27)21(23(28)31-24)17(18-13-25-19-11-7-6-10-16(18)19)12-20(26)29-14-15-8-4-3-5-9-15/h3-11,13,17,21,25H,12,14H2,1-2H3. The molecule has 1 saturated heterocycles. The van der Waals surface area contributed by atoms with Crippen LogP contribution in [0.25, 0.3) is 10.9 Å². The number of para-hydroxylation sites is 1. The van der Waals surface area contributed by atoms with Crippen LogP contribution in [-0.2, 0) is 35.2 Å². The van der Waals surface area contributed by atoms with Crippen molar-refractivity contribution in [3.63, 3.8) is 0 Å². The highest BCUT2D eigenvalue weighted by Gasteiger charge is 2.48. The highest BCUT2D eigenvalue weighted by molar-refractivity contribution is 5.99. The third-order valence-corrected chi connectivity index (χ3v) is 5.25. The maximum atomic E-state index is 12.8. The molecule has 0 radical (unpaired) electrons. The molecular formula is C24H23NO6. The first-order chi connectivity index (χ1) is 14.8. The third-order valence-electron chi connectivity index (χ3n) is 5.25. The van der Waals surface area contributed by atoms with Crippen LogP contribution in [0.1, 0.15) is 37.3 Å². The summed E-state index contributed by atoms with van der Waals surface area (Å²) in [7, 11) is 0. The minimum Gasteiger partial charge on any atom is -0.461 e. The predicted octanol–water partition coefficient (Wildman–Crippen LogP) is 3.84. The predicted molar refractivity (Wildman–Crippen MR) is 112 cm³/mol. The van der Waals surface area contributed by atoms with Crippen molar-refractivity contribution in [3.05, 3.63) is 71.9 Å². The van der Waals surface area contributed by atoms with Crippen molar-refractivity contribution in [1.29, 1.82) is 0 Å². The Kier molecular flexibility index (Phi) is 5.50. The fraction of sp³-hybridized carbons (Fsp3) is 0.292. The first kappa shape index (κ1) is 20.7. The van der Waals surface area contributed by atoms with Gasteiger partial charge in [0, 0.05) is 36.9 Å². The number of benzene rings is 2. The summed E-state index contributed by atoms with van der Waals surface area (Å²) in [6.45, 7) is 3.09. The van der Waals surface area contributed by atoms with Gasteiger partial charge in [-0.3, -0.25) is 14.4 Å². The van der Waals surface area contributed by atoms with E-state index >= 15 is 0 Å². The smallest absolute Gasteiger partial charge is 0.324 e. The van der Waals surface area contributed by atoms with E-state index in [1.807, 2.05) is 54.6 Å². The fourth-order valence-electron chi connectivity index (χ4n) is 3.84. The Balaban J connectivity index is 1.62. The molecule has 160 valence electrons. The molecule has 1 atom stereocenters. The van der Waals surface area contributed by atoms with Crippen LogP contribution in [0.5, 0.6) is 0 Å². The molecule has 1 unspecified atom stereocenters. The number of esters is 3. The Bertz CT molecular complexity index is 1100. The van der Waals surface area contributed by atoms with Crippen LogP contribution in [0, 0.1) is 5.92 Å². The summed E-state index contributed by atoms with van der Waals surface area (Å²) in [5, 5.41) is 0.814. The van der Waals surface area contributed by atoms with Crippen molar-refractivity contribution >= 4 is 28.8 Å². The first-order valence-corrected chi connectivity index (χ1v) is 10.1. The number of aromatic nitrogens is 1. The summed E-state index contributed by atoms with van der Waals surface area (Å²) >= 11 is 0. The number of ether oxygens (including phenoxy) is 3. The number of H-pyrrole nitrogens is 1. The third kappa shape index (κ3) is 4.45. The molecular weight excluding hydrogens is 398 g/mol. The van der Waals surface area contributed by atoms with Crippen molar-refractivity contribution in [1.82, 2.24) is 4.98 Å². The Labute approximate surface area is 179 Å². The maximum Gasteiger partial charge on any atom is 0.324 e. The lowest BCUT2D eigenvalue weighted by atomic mass is 9.82. The number of carbonyl (C=O) groups excluding carboxylic acids is 3. The quantitative estimate of drug-likeness (QED) is 0.480. The molecule has 7 heteroatoms. The summed E-state index contributed by atoms with van der Waals surface area (Å²) in [5.74, 6) is -5.36. The van der Waals surface area contributed by atoms with Gasteiger partial charge < -0.3 is 19.2 Å². The molecule has 2 heterocycles. The Morgan fingerprint density at radius 2 is 1.68 bits per heavy atom. The topological polar surface area (TPSA) is 94.7 Å². The molecule has 1 aliphatic heterocycles. The monoisotopic (exact) mass is 421 g/mol. The summed E-state index contributed by atoms with van der Waals surface area (Å²) in [4.78, 5) is 41.4. The van der Waals surface area contributed by atoms with E-state index < -0.39 is 35.5 Å². The summed E-state index contributed by atoms with van der Waals surface area (Å²) in [6, 6.07) is 16.8. The number of carbonyl (C=O) groups is 3. The summed E-state index contributed by atoms with van der Waals surface area (Å²) < 4.78 is 16.0. The van der Waals surface area contributed by atoms with Gasteiger partial charge in [0.25, 0.3) is 5.79 Å². The van der Waals surface area contributed by atoms with Crippen LogP contribution in [0.15, 0.2) is 60.8 Å². The van der Waals surface area contributed by atoms with Crippen LogP contribution in [0.2, 0.25) is 0 Å². The molecule has 7 nitrogen and oxygen atoms in total. The average molecular weight is 421 g/mol. The van der Waals surface area contributed by atoms with Crippen molar-refractivity contribution in [2.75, 3.05) is 0 Å². The van der Waals surface area contributed by atoms with Gasteiger partial charge in [-0.25, -0.2) is 0 Å². The molecule has 3 aromatic rings. The molecule has 0 saturated carbocycles. The maximum absolute atomic E-state index is 12.8. The molecule has 2 aromatic carbocycles. The molecule has 1 N–H and O–H groups in total. The van der Waals surface area contributed by atoms with E-state index in [9.17, 15) is 14.4 Å². The van der Waals surface area contributed by atoms with Crippen molar-refractivity contribution in [2.24, 2.45) is 5.92 Å². The van der Waals surface area contributed by atoms with Gasteiger partial charge >= 0.3 is 17.9 Å². The second-order valence-electron chi connectivity index (χ2n) is 7.97. The number of hydrogen-bond acceptors (Lipinski definition) is 6. The van der Waals surface area contributed by atoms with E-state index in [4.69, 9.17) is 14.2 Å². The largest absolute Gasteiger partial charge is 0.461 e. The minimum absolute atomic E-state index is 0.104. The molecule has 31 heavy (non-hydrogen) atoms. The second kappa shape index (κ2) is 8.26. The van der Waals surface area contributed by atoms with E-state index in [1.165, 1.54) is 13.8 Å². The van der Waals surface area contributed by atoms with E-state index in [0.29, 0.717) is 5.56 Å². The van der Waals surface area contributed by atoms with Gasteiger partial charge in [0.2, 0.25) is 0 Å². The van der Waals surface area contributed by atoms with E-state index in [0.717, 1.165) is 16.5 Å². The molecule has 0 amide bonds. The number of cyclic esters (lactones) is 2. The molecule has 4 rings (SSSR count). The van der Waals surface area contributed by atoms with E-state index in [2.05, 4.69) is 4.98 Å². The lowest BCUT2D eigenvalue weighted by molar-refractivity contribution is -0.241. The van der Waals surface area contributed by atoms with Crippen molar-refractivity contribution < 1.29 is 28.6 Å². The van der Waals surface area contributed by atoms with E-state index in [1.54, 1.807) is 6.20 Å². The van der Waals surface area contributed by atoms with Gasteiger partial charge in [0.15, 0.2) is 5.92 Å². The lowest BCUT2D eigenvalue weighted by Gasteiger charge is -2.35. The van der Waals surface area contributed by atoms with Gasteiger partial charge in [0.05, 0.1) is 6.42 Å². The number of hydrogen-bond donors (Lipinski definition) is 1. The summed E-state index contributed by atoms with van der Waals surface area (Å²) in [5.41, 5.74) is 2.33. The fourth-order valence-corrected chi connectivity index (χ4v) is 3.84. The Morgan fingerprint density at radius 1 is 1.03 bits per heavy atom. The molecule has 0 bridgehead atoms. The van der Waals surface area contributed by atoms with E-state index in [-0.39, 0.29) is 13.0 Å². The zero-order valence-electron chi connectivity index (χ0n) is 17.3. The second-order valence-corrected chi connectivity index (χ2v) is 7.97. The number of rotatable bonds is 6. The number of aromatic amines is 1. The molecule has 0 aliphatic carbocycles. The average Bonchev–Trinajstić information content (AvgIpc) is 3.15. The van der Waals surface area contributed by atoms with Crippen LogP contribution in [-0.4, -0.2) is 28.7 Å². The van der Waals surface area contributed by atoms with Gasteiger partial charge in [-0.1, -0.05) is 48.5 Å². The first-order valence-electron chi connectivity index (χ1n) is 10.1. The molecule has 1 fully saturated rings. The van der Waals surface area contributed by atoms with Crippen LogP contribution in [0.4, 0.5) is 0 Å². The molecule has 1 aliphatic rings. The van der Waals surface area contributed by atoms with Gasteiger partial charge in [-0.15, -0.1) is 0 Å². The minimum atomic E-state index is -1.34. The Hall–Kier alpha value is -3.61. The van der Waals surface area contributed by atoms with Crippen LogP contribution in [0.3, 0.4) is 0 Å². The molecule has 1 aromatic heterocycles. The molecule has 0 spiro atoms. The van der Waals surface area contributed by atoms with Crippen molar-refractivity contribution in [3.8, 4) is 0 Å². The van der Waals surface area contributed by atoms with Crippen molar-refractivity contribution in [2.45, 2.75) is 38.6 Å². The highest BCUT2D eigenvalue weighted by atomic mass is 16.7. The normalized spacial score (nSPS) is 17.1. The highest BCUT2D eigenvalue weighted by Crippen LogP contribution is 2.38. The SMILES string of the molecule is CC1(C)OC(=O)C(C(CC(=O)OCc2ccccc2)c2c[nH]c3ccccc23)C(=O)O1. The number of fused-ring (bicyclic) bond motifs is 1. The Morgan fingerprint density at radius 3 is 2.39 bits per heavy atom. The summed E-state index contributed by atoms with van der Waals surface area (Å²) in [6.07, 6.45) is 1.53. The zero-order chi connectivity index (χ0) is 22.0. The van der Waals surface area contributed by atoms with Gasteiger partial charge in [0.1, 0.15) is 6.61 Å². The van der Waals surface area contributed by atoms with Crippen LogP contribution >= 0.6 is 0 Å². The van der Waals surface area contributed by atoms with Crippen LogP contribution < -0.4 is 0 Å². The van der Waals surface area contributed by atoms with Gasteiger partial charge in [-0.2, -0.15) is 0 Å². The lowest BCUT2D eigenvalue weighted by Crippen LogP contribution is -2.48.